The van der Waals surface area contributed by atoms with Gasteiger partial charge in [0.05, 0.1) is 0 Å². The Kier molecular flexibility index (Phi) is 16.2. The van der Waals surface area contributed by atoms with E-state index < -0.39 is 0 Å². The van der Waals surface area contributed by atoms with E-state index in [2.05, 4.69) is 17.2 Å². The highest BCUT2D eigenvalue weighted by molar-refractivity contribution is 5.76. The van der Waals surface area contributed by atoms with Crippen molar-refractivity contribution in [2.24, 2.45) is 16.5 Å². The topological polar surface area (TPSA) is 93.5 Å². The van der Waals surface area contributed by atoms with Gasteiger partial charge in [0.1, 0.15) is 0 Å². The first kappa shape index (κ1) is 21.7. The van der Waals surface area contributed by atoms with Crippen molar-refractivity contribution >= 4 is 11.9 Å². The first-order chi connectivity index (χ1) is 11.2. The number of unbranched alkanes of at least 4 members (excludes halogenated alkanes) is 10. The molecule has 136 valence electrons. The molecule has 0 atom stereocenters. The van der Waals surface area contributed by atoms with Crippen molar-refractivity contribution in [2.75, 3.05) is 13.1 Å². The molecule has 0 aromatic carbocycles. The van der Waals surface area contributed by atoms with Gasteiger partial charge in [0.15, 0.2) is 5.96 Å². The molecule has 1 amide bonds. The van der Waals surface area contributed by atoms with Crippen LogP contribution in [0.15, 0.2) is 4.99 Å². The Labute approximate surface area is 142 Å². The van der Waals surface area contributed by atoms with E-state index in [1.165, 1.54) is 57.8 Å². The normalized spacial score (nSPS) is 10.5. The van der Waals surface area contributed by atoms with E-state index in [0.29, 0.717) is 13.0 Å². The lowest BCUT2D eigenvalue weighted by molar-refractivity contribution is -0.121. The standard InChI is InChI=1S/C18H38N4O/c1-2-3-4-5-6-7-8-9-10-12-15-21-17(23)14-11-13-16-22-18(19)20/h2-16H2,1H3,(H,21,23)(H4,19,20,22). The number of nitrogens with one attached hydrogen (secondary N) is 1. The van der Waals surface area contributed by atoms with Crippen LogP contribution in [0.4, 0.5) is 0 Å². The predicted octanol–water partition coefficient (Wildman–Crippen LogP) is 3.47. The molecule has 0 spiro atoms. The molecule has 0 aliphatic carbocycles. The van der Waals surface area contributed by atoms with Crippen LogP contribution in [0.3, 0.4) is 0 Å². The summed E-state index contributed by atoms with van der Waals surface area (Å²) in [6.45, 7) is 3.67. The summed E-state index contributed by atoms with van der Waals surface area (Å²) in [5.41, 5.74) is 10.5. The van der Waals surface area contributed by atoms with Crippen LogP contribution in [0, 0.1) is 0 Å². The van der Waals surface area contributed by atoms with E-state index in [1.54, 1.807) is 0 Å². The highest BCUT2D eigenvalue weighted by Crippen LogP contribution is 2.10. The van der Waals surface area contributed by atoms with Gasteiger partial charge >= 0.3 is 0 Å². The van der Waals surface area contributed by atoms with Crippen LogP contribution in [0.1, 0.15) is 90.4 Å². The van der Waals surface area contributed by atoms with E-state index in [4.69, 9.17) is 11.5 Å². The number of carbonyl (C=O) groups is 1. The van der Waals surface area contributed by atoms with Gasteiger partial charge < -0.3 is 16.8 Å². The molecule has 0 unspecified atom stereocenters. The molecule has 0 aliphatic heterocycles. The molecule has 0 radical (unpaired) electrons. The number of guanidine groups is 1. The van der Waals surface area contributed by atoms with Crippen LogP contribution in [0.5, 0.6) is 0 Å². The molecule has 0 saturated heterocycles. The fourth-order valence-electron chi connectivity index (χ4n) is 2.53. The Morgan fingerprint density at radius 1 is 0.826 bits per heavy atom. The Hall–Kier alpha value is -1.26. The minimum Gasteiger partial charge on any atom is -0.370 e. The molecule has 0 aliphatic rings. The Morgan fingerprint density at radius 2 is 1.39 bits per heavy atom. The number of nitrogens with two attached hydrogens (primary N) is 2. The summed E-state index contributed by atoms with van der Waals surface area (Å²) in [4.78, 5) is 15.5. The van der Waals surface area contributed by atoms with Crippen molar-refractivity contribution < 1.29 is 4.79 Å². The van der Waals surface area contributed by atoms with Crippen molar-refractivity contribution in [3.8, 4) is 0 Å². The number of rotatable bonds is 16. The molecular weight excluding hydrogens is 288 g/mol. The first-order valence-corrected chi connectivity index (χ1v) is 9.49. The quantitative estimate of drug-likeness (QED) is 0.230. The van der Waals surface area contributed by atoms with E-state index >= 15 is 0 Å². The SMILES string of the molecule is CCCCCCCCCCCCNC(=O)CCCCN=C(N)N. The summed E-state index contributed by atoms with van der Waals surface area (Å²) in [5, 5.41) is 2.98. The summed E-state index contributed by atoms with van der Waals surface area (Å²) < 4.78 is 0. The maximum absolute atomic E-state index is 11.6. The zero-order chi connectivity index (χ0) is 17.2. The van der Waals surface area contributed by atoms with Crippen LogP contribution >= 0.6 is 0 Å². The average Bonchev–Trinajstić information content (AvgIpc) is 2.52. The van der Waals surface area contributed by atoms with Gasteiger partial charge in [-0.15, -0.1) is 0 Å². The van der Waals surface area contributed by atoms with Gasteiger partial charge in [-0.2, -0.15) is 0 Å². The molecule has 0 rings (SSSR count). The van der Waals surface area contributed by atoms with Crippen LogP contribution in [0.25, 0.3) is 0 Å². The number of hydrogen-bond acceptors (Lipinski definition) is 2. The summed E-state index contributed by atoms with van der Waals surface area (Å²) in [5.74, 6) is 0.265. The predicted molar refractivity (Wildman–Crippen MR) is 99.4 cm³/mol. The number of nitrogens with zero attached hydrogens (tertiary/aromatic N) is 1. The van der Waals surface area contributed by atoms with Crippen molar-refractivity contribution in [1.29, 1.82) is 0 Å². The van der Waals surface area contributed by atoms with Crippen molar-refractivity contribution in [3.63, 3.8) is 0 Å². The molecular formula is C18H38N4O. The number of carbonyl (C=O) groups excluding carboxylic acids is 1. The van der Waals surface area contributed by atoms with Gasteiger partial charge in [-0.25, -0.2) is 0 Å². The molecule has 5 nitrogen and oxygen atoms in total. The number of hydrogen-bond donors (Lipinski definition) is 3. The van der Waals surface area contributed by atoms with Crippen LogP contribution in [0.2, 0.25) is 0 Å². The Morgan fingerprint density at radius 3 is 1.96 bits per heavy atom. The molecule has 0 fully saturated rings. The zero-order valence-electron chi connectivity index (χ0n) is 15.1. The van der Waals surface area contributed by atoms with Gasteiger partial charge in [-0.3, -0.25) is 9.79 Å². The fourth-order valence-corrected chi connectivity index (χ4v) is 2.53. The maximum Gasteiger partial charge on any atom is 0.219 e. The lowest BCUT2D eigenvalue weighted by atomic mass is 10.1. The fraction of sp³-hybridized carbons (Fsp3) is 0.889. The molecule has 23 heavy (non-hydrogen) atoms. The second-order valence-corrected chi connectivity index (χ2v) is 6.30. The second kappa shape index (κ2) is 17.1. The molecule has 5 N–H and O–H groups in total. The third kappa shape index (κ3) is 18.7. The summed E-state index contributed by atoms with van der Waals surface area (Å²) >= 11 is 0. The number of aliphatic imine (C=N–C) groups is 1. The minimum absolute atomic E-state index is 0.121. The maximum atomic E-state index is 11.6. The van der Waals surface area contributed by atoms with Gasteiger partial charge in [0.2, 0.25) is 5.91 Å². The lowest BCUT2D eigenvalue weighted by Gasteiger charge is -2.05. The largest absolute Gasteiger partial charge is 0.370 e. The highest BCUT2D eigenvalue weighted by Gasteiger charge is 2.00. The van der Waals surface area contributed by atoms with E-state index in [0.717, 1.165) is 25.8 Å². The Bertz CT molecular complexity index is 301. The molecule has 0 aromatic heterocycles. The summed E-state index contributed by atoms with van der Waals surface area (Å²) in [6, 6.07) is 0. The molecule has 0 aromatic rings. The minimum atomic E-state index is 0.121. The van der Waals surface area contributed by atoms with Gasteiger partial charge in [0, 0.05) is 19.5 Å². The summed E-state index contributed by atoms with van der Waals surface area (Å²) in [7, 11) is 0. The smallest absolute Gasteiger partial charge is 0.219 e. The van der Waals surface area contributed by atoms with Gasteiger partial charge in [0.25, 0.3) is 0 Å². The van der Waals surface area contributed by atoms with Crippen LogP contribution in [-0.2, 0) is 4.79 Å². The van der Waals surface area contributed by atoms with Crippen molar-refractivity contribution in [3.05, 3.63) is 0 Å². The van der Waals surface area contributed by atoms with Crippen LogP contribution < -0.4 is 16.8 Å². The lowest BCUT2D eigenvalue weighted by Crippen LogP contribution is -2.24. The van der Waals surface area contributed by atoms with E-state index in [-0.39, 0.29) is 11.9 Å². The number of amides is 1. The summed E-state index contributed by atoms with van der Waals surface area (Å²) in [6.07, 6.45) is 15.4. The zero-order valence-corrected chi connectivity index (χ0v) is 15.1. The highest BCUT2D eigenvalue weighted by atomic mass is 16.1. The van der Waals surface area contributed by atoms with Gasteiger partial charge in [-0.05, 0) is 19.3 Å². The van der Waals surface area contributed by atoms with Crippen LogP contribution in [-0.4, -0.2) is 25.0 Å². The van der Waals surface area contributed by atoms with Crippen molar-refractivity contribution in [2.45, 2.75) is 90.4 Å². The molecule has 0 heterocycles. The Balaban J connectivity index is 3.19. The van der Waals surface area contributed by atoms with E-state index in [9.17, 15) is 4.79 Å². The first-order valence-electron chi connectivity index (χ1n) is 9.49. The average molecular weight is 327 g/mol. The second-order valence-electron chi connectivity index (χ2n) is 6.30. The van der Waals surface area contributed by atoms with E-state index in [1.807, 2.05) is 0 Å². The molecule has 5 heteroatoms. The van der Waals surface area contributed by atoms with Gasteiger partial charge in [-0.1, -0.05) is 64.7 Å². The molecule has 0 bridgehead atoms. The molecule has 0 saturated carbocycles. The van der Waals surface area contributed by atoms with Crippen molar-refractivity contribution in [1.82, 2.24) is 5.32 Å². The third-order valence-electron chi connectivity index (χ3n) is 3.96. The third-order valence-corrected chi connectivity index (χ3v) is 3.96. The monoisotopic (exact) mass is 326 g/mol.